The van der Waals surface area contributed by atoms with Crippen molar-refractivity contribution in [3.8, 4) is 0 Å². The maximum Gasteiger partial charge on any atom is 0.305 e. The average molecular weight is 283 g/mol. The molecule has 2 aromatic rings. The first-order valence-electron chi connectivity index (χ1n) is 7.26. The lowest BCUT2D eigenvalue weighted by Crippen LogP contribution is -2.52. The number of pyridine rings is 1. The van der Waals surface area contributed by atoms with Crippen LogP contribution in [0.25, 0.3) is 0 Å². The highest BCUT2D eigenvalue weighted by atomic mass is 16.2. The number of aromatic nitrogens is 1. The molecule has 0 radical (unpaired) electrons. The van der Waals surface area contributed by atoms with E-state index in [2.05, 4.69) is 39.2 Å². The van der Waals surface area contributed by atoms with Gasteiger partial charge in [-0.1, -0.05) is 50.6 Å². The van der Waals surface area contributed by atoms with Gasteiger partial charge in [0, 0.05) is 23.6 Å². The van der Waals surface area contributed by atoms with Crippen LogP contribution in [0.15, 0.2) is 54.7 Å². The number of rotatable bonds is 3. The van der Waals surface area contributed by atoms with Crippen LogP contribution in [0.5, 0.6) is 0 Å². The van der Waals surface area contributed by atoms with Gasteiger partial charge >= 0.3 is 5.91 Å². The van der Waals surface area contributed by atoms with E-state index < -0.39 is 0 Å². The second-order valence-corrected chi connectivity index (χ2v) is 6.39. The van der Waals surface area contributed by atoms with Gasteiger partial charge in [-0.05, 0) is 23.6 Å². The maximum absolute atomic E-state index is 12.3. The molecule has 0 aliphatic rings. The number of nitrogens with one attached hydrogen (secondary N) is 1. The Kier molecular flexibility index (Phi) is 4.41. The fourth-order valence-electron chi connectivity index (χ4n) is 2.12. The zero-order valence-corrected chi connectivity index (χ0v) is 13.1. The molecule has 0 aliphatic carbocycles. The molecule has 2 rings (SSSR count). The molecule has 3 nitrogen and oxygen atoms in total. The Balaban J connectivity index is 2.27. The molecule has 0 saturated carbocycles. The highest BCUT2D eigenvalue weighted by molar-refractivity contribution is 5.98. The first-order chi connectivity index (χ1) is 9.89. The Bertz CT molecular complexity index is 615. The number of hydrogen-bond acceptors (Lipinski definition) is 1. The minimum absolute atomic E-state index is 0.103. The molecular formula is C18H23N2O+. The molecule has 1 atom stereocenters. The predicted molar refractivity (Wildman–Crippen MR) is 84.6 cm³/mol. The number of benzene rings is 1. The molecular weight excluding hydrogens is 260 g/mol. The van der Waals surface area contributed by atoms with Gasteiger partial charge in [0.05, 0.1) is 0 Å². The van der Waals surface area contributed by atoms with Crippen LogP contribution >= 0.6 is 0 Å². The van der Waals surface area contributed by atoms with Crippen molar-refractivity contribution in [3.63, 3.8) is 0 Å². The number of carbonyl (C=O) groups excluding carboxylic acids is 1. The van der Waals surface area contributed by atoms with Crippen molar-refractivity contribution in [2.75, 3.05) is 5.43 Å². The standard InChI is InChI=1S/C18H22N2O/c1-14(18(2,3)4)16-12-8-9-13-20(16)19-17(21)15-10-6-5-7-11-15/h5-14H,1-4H3/p+1. The molecule has 3 heteroatoms. The number of carbonyl (C=O) groups is 1. The molecule has 1 heterocycles. The van der Waals surface area contributed by atoms with Crippen molar-refractivity contribution < 1.29 is 9.47 Å². The van der Waals surface area contributed by atoms with Crippen LogP contribution in [-0.4, -0.2) is 5.91 Å². The largest absolute Gasteiger partial charge is 0.305 e. The van der Waals surface area contributed by atoms with E-state index in [-0.39, 0.29) is 11.3 Å². The molecule has 1 amide bonds. The molecule has 21 heavy (non-hydrogen) atoms. The van der Waals surface area contributed by atoms with Gasteiger partial charge in [0.15, 0.2) is 6.20 Å². The number of hydrogen-bond donors (Lipinski definition) is 1. The Hall–Kier alpha value is -2.16. The zero-order chi connectivity index (χ0) is 15.5. The van der Waals surface area contributed by atoms with Crippen molar-refractivity contribution in [2.45, 2.75) is 33.6 Å². The van der Waals surface area contributed by atoms with Gasteiger partial charge in [-0.2, -0.15) is 0 Å². The molecule has 0 aliphatic heterocycles. The number of nitrogens with zero attached hydrogens (tertiary/aromatic N) is 1. The summed E-state index contributed by atoms with van der Waals surface area (Å²) < 4.78 is 1.82. The second-order valence-electron chi connectivity index (χ2n) is 6.39. The third-order valence-corrected chi connectivity index (χ3v) is 3.89. The van der Waals surface area contributed by atoms with E-state index in [1.807, 2.05) is 53.3 Å². The van der Waals surface area contributed by atoms with Gasteiger partial charge in [0.25, 0.3) is 0 Å². The monoisotopic (exact) mass is 283 g/mol. The van der Waals surface area contributed by atoms with Crippen LogP contribution in [0, 0.1) is 5.41 Å². The zero-order valence-electron chi connectivity index (χ0n) is 13.1. The van der Waals surface area contributed by atoms with Crippen LogP contribution in [0.3, 0.4) is 0 Å². The summed E-state index contributed by atoms with van der Waals surface area (Å²) in [6, 6.07) is 15.2. The normalized spacial score (nSPS) is 12.8. The predicted octanol–water partition coefficient (Wildman–Crippen LogP) is 3.51. The van der Waals surface area contributed by atoms with Gasteiger partial charge < -0.3 is 0 Å². The fraction of sp³-hybridized carbons (Fsp3) is 0.333. The van der Waals surface area contributed by atoms with Crippen LogP contribution in [-0.2, 0) is 0 Å². The summed E-state index contributed by atoms with van der Waals surface area (Å²) in [5, 5.41) is 0. The molecule has 0 saturated heterocycles. The van der Waals surface area contributed by atoms with Crippen molar-refractivity contribution in [3.05, 3.63) is 66.0 Å². The smallest absolute Gasteiger partial charge is 0.264 e. The summed E-state index contributed by atoms with van der Waals surface area (Å²) in [5.74, 6) is 0.212. The van der Waals surface area contributed by atoms with E-state index in [1.54, 1.807) is 0 Å². The quantitative estimate of drug-likeness (QED) is 0.859. The van der Waals surface area contributed by atoms with Crippen molar-refractivity contribution in [1.29, 1.82) is 0 Å². The third-order valence-electron chi connectivity index (χ3n) is 3.89. The minimum Gasteiger partial charge on any atom is -0.264 e. The Morgan fingerprint density at radius 2 is 1.67 bits per heavy atom. The van der Waals surface area contributed by atoms with Crippen LogP contribution in [0.1, 0.15) is 49.7 Å². The SMILES string of the molecule is CC(c1cccc[n+]1NC(=O)c1ccccc1)C(C)(C)C. The van der Waals surface area contributed by atoms with Crippen molar-refractivity contribution >= 4 is 5.91 Å². The summed E-state index contributed by atoms with van der Waals surface area (Å²) in [7, 11) is 0. The maximum atomic E-state index is 12.3. The summed E-state index contributed by atoms with van der Waals surface area (Å²) >= 11 is 0. The lowest BCUT2D eigenvalue weighted by Gasteiger charge is -2.24. The Morgan fingerprint density at radius 3 is 2.29 bits per heavy atom. The van der Waals surface area contributed by atoms with E-state index in [1.165, 1.54) is 0 Å². The number of amides is 1. The Labute approximate surface area is 126 Å². The van der Waals surface area contributed by atoms with E-state index >= 15 is 0 Å². The van der Waals surface area contributed by atoms with E-state index in [0.717, 1.165) is 5.69 Å². The highest BCUT2D eigenvalue weighted by Gasteiger charge is 2.29. The first kappa shape index (κ1) is 15.2. The molecule has 1 aromatic heterocycles. The van der Waals surface area contributed by atoms with Crippen molar-refractivity contribution in [1.82, 2.24) is 0 Å². The average Bonchev–Trinajstić information content (AvgIpc) is 2.47. The summed E-state index contributed by atoms with van der Waals surface area (Å²) in [6.45, 7) is 8.79. The van der Waals surface area contributed by atoms with E-state index in [0.29, 0.717) is 11.5 Å². The molecule has 1 aromatic carbocycles. The molecule has 0 fully saturated rings. The van der Waals surface area contributed by atoms with Crippen LogP contribution in [0.2, 0.25) is 0 Å². The van der Waals surface area contributed by atoms with Gasteiger partial charge in [-0.25, -0.2) is 0 Å². The van der Waals surface area contributed by atoms with Gasteiger partial charge in [0.2, 0.25) is 5.69 Å². The van der Waals surface area contributed by atoms with Crippen LogP contribution in [0.4, 0.5) is 0 Å². The van der Waals surface area contributed by atoms with Gasteiger partial charge in [0.1, 0.15) is 0 Å². The molecule has 1 N–H and O–H groups in total. The van der Waals surface area contributed by atoms with E-state index in [4.69, 9.17) is 0 Å². The highest BCUT2D eigenvalue weighted by Crippen LogP contribution is 2.32. The fourth-order valence-corrected chi connectivity index (χ4v) is 2.12. The molecule has 0 spiro atoms. The Morgan fingerprint density at radius 1 is 1.05 bits per heavy atom. The summed E-state index contributed by atoms with van der Waals surface area (Å²) in [4.78, 5) is 12.3. The summed E-state index contributed by atoms with van der Waals surface area (Å²) in [5.41, 5.74) is 4.83. The van der Waals surface area contributed by atoms with Crippen molar-refractivity contribution in [2.24, 2.45) is 5.41 Å². The first-order valence-corrected chi connectivity index (χ1v) is 7.26. The third kappa shape index (κ3) is 3.69. The van der Waals surface area contributed by atoms with Gasteiger partial charge in [-0.15, -0.1) is 5.43 Å². The second kappa shape index (κ2) is 6.08. The summed E-state index contributed by atoms with van der Waals surface area (Å²) in [6.07, 6.45) is 1.89. The van der Waals surface area contributed by atoms with Gasteiger partial charge in [-0.3, -0.25) is 4.79 Å². The molecule has 1 unspecified atom stereocenters. The van der Waals surface area contributed by atoms with Crippen LogP contribution < -0.4 is 10.1 Å². The lowest BCUT2D eigenvalue weighted by molar-refractivity contribution is -0.651. The molecule has 110 valence electrons. The lowest BCUT2D eigenvalue weighted by atomic mass is 9.80. The van der Waals surface area contributed by atoms with E-state index in [9.17, 15) is 4.79 Å². The topological polar surface area (TPSA) is 33.0 Å². The minimum atomic E-state index is -0.103. The molecule has 0 bridgehead atoms.